The van der Waals surface area contributed by atoms with E-state index in [-0.39, 0.29) is 41.3 Å². The van der Waals surface area contributed by atoms with E-state index in [0.29, 0.717) is 63.7 Å². The summed E-state index contributed by atoms with van der Waals surface area (Å²) >= 11 is 0. The number of piperidine rings is 1. The summed E-state index contributed by atoms with van der Waals surface area (Å²) in [5, 5.41) is 22.4. The zero-order valence-electron chi connectivity index (χ0n) is 23.8. The van der Waals surface area contributed by atoms with Crippen molar-refractivity contribution in [1.82, 2.24) is 19.3 Å². The summed E-state index contributed by atoms with van der Waals surface area (Å²) < 4.78 is 72.2. The summed E-state index contributed by atoms with van der Waals surface area (Å²) in [5.74, 6) is 0.709. The normalized spacial score (nSPS) is 21.1. The van der Waals surface area contributed by atoms with Crippen molar-refractivity contribution in [2.45, 2.75) is 46.8 Å². The lowest BCUT2D eigenvalue weighted by Crippen LogP contribution is -2.47. The van der Waals surface area contributed by atoms with Gasteiger partial charge in [-0.2, -0.15) is 14.3 Å². The average Bonchev–Trinajstić information content (AvgIpc) is 3.40. The summed E-state index contributed by atoms with van der Waals surface area (Å²) in [5.41, 5.74) is 0.228. The number of nitrogens with one attached hydrogen (secondary N) is 2. The number of hydrogen-bond acceptors (Lipinski definition) is 12. The van der Waals surface area contributed by atoms with Crippen LogP contribution in [0.25, 0.3) is 0 Å². The lowest BCUT2D eigenvalue weighted by Gasteiger charge is -2.38. The van der Waals surface area contributed by atoms with Crippen molar-refractivity contribution in [2.75, 3.05) is 64.5 Å². The van der Waals surface area contributed by atoms with Gasteiger partial charge in [0.1, 0.15) is 35.7 Å². The van der Waals surface area contributed by atoms with Crippen LogP contribution in [-0.2, 0) is 24.8 Å². The molecular formula is C27H36N6O8S2. The van der Waals surface area contributed by atoms with Crippen LogP contribution in [0.2, 0.25) is 0 Å². The third kappa shape index (κ3) is 7.20. The van der Waals surface area contributed by atoms with Crippen molar-refractivity contribution in [2.24, 2.45) is 0 Å². The smallest absolute Gasteiger partial charge is 0.244 e. The summed E-state index contributed by atoms with van der Waals surface area (Å²) in [7, 11) is -5.68. The predicted molar refractivity (Wildman–Crippen MR) is 155 cm³/mol. The Kier molecular flexibility index (Phi) is 9.42. The second-order valence-electron chi connectivity index (χ2n) is 10.9. The Hall–Kier alpha value is -3.04. The average molecular weight is 637 g/mol. The lowest BCUT2D eigenvalue weighted by molar-refractivity contribution is -0.0312. The number of pyridine rings is 1. The Labute approximate surface area is 251 Å². The number of fused-ring (bicyclic) bond motifs is 1. The number of benzene rings is 1. The number of aliphatic hydroxyl groups is 1. The number of aliphatic hydroxyl groups excluding tert-OH is 1. The first-order valence-electron chi connectivity index (χ1n) is 14.0. The predicted octanol–water partition coefficient (Wildman–Crippen LogP) is 0.0538. The van der Waals surface area contributed by atoms with Gasteiger partial charge in [0.25, 0.3) is 0 Å². The Morgan fingerprint density at radius 1 is 1.21 bits per heavy atom. The molecule has 0 aliphatic carbocycles. The molecule has 2 atom stereocenters. The van der Waals surface area contributed by atoms with Crippen LogP contribution < -0.4 is 24.4 Å². The number of rotatable bonds is 11. The monoisotopic (exact) mass is 636 g/mol. The van der Waals surface area contributed by atoms with E-state index in [1.807, 2.05) is 11.9 Å². The van der Waals surface area contributed by atoms with Gasteiger partial charge in [-0.25, -0.2) is 21.8 Å². The molecule has 2 saturated heterocycles. The molecule has 2 fully saturated rings. The van der Waals surface area contributed by atoms with E-state index in [1.54, 1.807) is 18.2 Å². The number of sulfonamides is 2. The minimum atomic E-state index is -3.84. The topological polar surface area (TPSA) is 183 Å². The number of nitrogens with zero attached hydrogens (tertiary/aromatic N) is 4. The maximum Gasteiger partial charge on any atom is 0.244 e. The van der Waals surface area contributed by atoms with E-state index < -0.39 is 31.8 Å². The molecule has 1 aromatic heterocycles. The van der Waals surface area contributed by atoms with Crippen molar-refractivity contribution in [3.63, 3.8) is 0 Å². The van der Waals surface area contributed by atoms with Crippen LogP contribution in [0, 0.1) is 11.3 Å². The minimum Gasteiger partial charge on any atom is -0.491 e. The highest BCUT2D eigenvalue weighted by molar-refractivity contribution is 7.89. The molecule has 0 unspecified atom stereocenters. The van der Waals surface area contributed by atoms with E-state index in [1.165, 1.54) is 28.7 Å². The zero-order valence-corrected chi connectivity index (χ0v) is 25.4. The number of hydrogen-bond donors (Lipinski definition) is 3. The summed E-state index contributed by atoms with van der Waals surface area (Å²) in [6.07, 6.45) is 2.29. The largest absolute Gasteiger partial charge is 0.491 e. The fraction of sp³-hybridized carbons (Fsp3) is 0.556. The highest BCUT2D eigenvalue weighted by Gasteiger charge is 2.45. The maximum absolute atomic E-state index is 13.4. The van der Waals surface area contributed by atoms with E-state index in [4.69, 9.17) is 19.5 Å². The standard InChI is InChI=1S/C27H36N6O8S2/c1-32-11-12-39-26-25(32)14-24(17-30-26)43(37,38)33-9-5-27(6-10-33)15-20(18-41-27)29-16-21(34)19-40-22-3-2-4-23(13-22)42(35,36)31-8-7-28/h2-4,13-14,17,20-21,29,31,34H,5-6,8-12,15-16,18-19H2,1H3/t20-,21+/m1/s1. The second kappa shape index (κ2) is 12.9. The lowest BCUT2D eigenvalue weighted by atomic mass is 9.88. The molecule has 3 aliphatic heterocycles. The molecule has 3 aliphatic rings. The second-order valence-corrected chi connectivity index (χ2v) is 14.6. The minimum absolute atomic E-state index is 0.0159. The van der Waals surface area contributed by atoms with Gasteiger partial charge in [-0.15, -0.1) is 0 Å². The van der Waals surface area contributed by atoms with Crippen LogP contribution in [0.1, 0.15) is 19.3 Å². The van der Waals surface area contributed by atoms with Crippen molar-refractivity contribution in [3.8, 4) is 17.7 Å². The van der Waals surface area contributed by atoms with Gasteiger partial charge in [-0.3, -0.25) is 0 Å². The first-order chi connectivity index (χ1) is 20.5. The molecule has 234 valence electrons. The van der Waals surface area contributed by atoms with Gasteiger partial charge in [0.15, 0.2) is 0 Å². The van der Waals surface area contributed by atoms with E-state index >= 15 is 0 Å². The summed E-state index contributed by atoms with van der Waals surface area (Å²) in [6.45, 7) is 2.09. The molecule has 1 aromatic carbocycles. The maximum atomic E-state index is 13.4. The number of likely N-dealkylation sites (N-methyl/N-ethyl adjacent to an activating group) is 1. The molecule has 1 spiro atoms. The third-order valence-electron chi connectivity index (χ3n) is 7.91. The van der Waals surface area contributed by atoms with Crippen LogP contribution in [-0.4, -0.2) is 109 Å². The molecule has 0 radical (unpaired) electrons. The van der Waals surface area contributed by atoms with Crippen LogP contribution in [0.5, 0.6) is 11.6 Å². The van der Waals surface area contributed by atoms with Gasteiger partial charge in [0, 0.05) is 38.8 Å². The number of aromatic nitrogens is 1. The van der Waals surface area contributed by atoms with Crippen LogP contribution in [0.15, 0.2) is 46.3 Å². The highest BCUT2D eigenvalue weighted by Crippen LogP contribution is 2.38. The van der Waals surface area contributed by atoms with Crippen molar-refractivity contribution < 1.29 is 36.2 Å². The van der Waals surface area contributed by atoms with E-state index in [2.05, 4.69) is 15.0 Å². The van der Waals surface area contributed by atoms with Gasteiger partial charge in [0.2, 0.25) is 25.9 Å². The first-order valence-corrected chi connectivity index (χ1v) is 16.9. The van der Waals surface area contributed by atoms with Crippen LogP contribution >= 0.6 is 0 Å². The van der Waals surface area contributed by atoms with Gasteiger partial charge in [-0.05, 0) is 37.5 Å². The molecule has 2 aromatic rings. The molecule has 5 rings (SSSR count). The molecule has 16 heteroatoms. The number of nitriles is 1. The van der Waals surface area contributed by atoms with Crippen LogP contribution in [0.4, 0.5) is 5.69 Å². The van der Waals surface area contributed by atoms with Gasteiger partial charge in [-0.1, -0.05) is 6.07 Å². The molecule has 3 N–H and O–H groups in total. The zero-order chi connectivity index (χ0) is 30.7. The third-order valence-corrected chi connectivity index (χ3v) is 11.2. The molecule has 43 heavy (non-hydrogen) atoms. The van der Waals surface area contributed by atoms with Gasteiger partial charge < -0.3 is 29.5 Å². The Morgan fingerprint density at radius 3 is 2.77 bits per heavy atom. The summed E-state index contributed by atoms with van der Waals surface area (Å²) in [4.78, 5) is 6.27. The highest BCUT2D eigenvalue weighted by atomic mass is 32.2. The van der Waals surface area contributed by atoms with Gasteiger partial charge >= 0.3 is 0 Å². The van der Waals surface area contributed by atoms with Crippen molar-refractivity contribution >= 4 is 25.7 Å². The number of ether oxygens (including phenoxy) is 3. The van der Waals surface area contributed by atoms with Gasteiger partial charge in [0.05, 0.1) is 42.5 Å². The quantitative estimate of drug-likeness (QED) is 0.282. The van der Waals surface area contributed by atoms with Crippen molar-refractivity contribution in [1.29, 1.82) is 5.26 Å². The Balaban J connectivity index is 1.08. The first kappa shape index (κ1) is 31.4. The van der Waals surface area contributed by atoms with Crippen LogP contribution in [0.3, 0.4) is 0 Å². The molecule has 0 saturated carbocycles. The van der Waals surface area contributed by atoms with E-state index in [9.17, 15) is 21.9 Å². The summed E-state index contributed by atoms with van der Waals surface area (Å²) in [6, 6.07) is 9.15. The number of anilines is 1. The molecule has 0 bridgehead atoms. The van der Waals surface area contributed by atoms with E-state index in [0.717, 1.165) is 0 Å². The molecule has 14 nitrogen and oxygen atoms in total. The SMILES string of the molecule is CN1CCOc2ncc(S(=O)(=O)N3CCC4(CC3)C[C@@H](NC[C@H](O)COc3cccc(S(=O)(=O)NCC#N)c3)CO4)cc21. The fourth-order valence-electron chi connectivity index (χ4n) is 5.45. The fourth-order valence-corrected chi connectivity index (χ4v) is 7.81. The molecule has 0 amide bonds. The molecule has 4 heterocycles. The van der Waals surface area contributed by atoms with Crippen molar-refractivity contribution in [3.05, 3.63) is 36.5 Å². The Morgan fingerprint density at radius 2 is 2.00 bits per heavy atom. The molecular weight excluding hydrogens is 600 g/mol. The Bertz CT molecular complexity index is 1560.